The van der Waals surface area contributed by atoms with E-state index >= 15 is 0 Å². The van der Waals surface area contributed by atoms with Gasteiger partial charge in [0.1, 0.15) is 23.8 Å². The Kier molecular flexibility index (Phi) is 3.99. The molecule has 0 saturated carbocycles. The van der Waals surface area contributed by atoms with Gasteiger partial charge in [-0.15, -0.1) is 0 Å². The van der Waals surface area contributed by atoms with Gasteiger partial charge < -0.3 is 15.0 Å². The Morgan fingerprint density at radius 2 is 2.06 bits per heavy atom. The van der Waals surface area contributed by atoms with Crippen molar-refractivity contribution >= 4 is 0 Å². The van der Waals surface area contributed by atoms with Gasteiger partial charge in [0, 0.05) is 12.1 Å². The number of benzene rings is 1. The summed E-state index contributed by atoms with van der Waals surface area (Å²) in [5, 5.41) is 3.87. The highest BCUT2D eigenvalue weighted by molar-refractivity contribution is 5.29. The fraction of sp³-hybridized carbons (Fsp3) is 0.357. The van der Waals surface area contributed by atoms with Crippen LogP contribution in [0.4, 0.5) is 0 Å². The van der Waals surface area contributed by atoms with E-state index in [0.29, 0.717) is 6.61 Å². The zero-order valence-corrected chi connectivity index (χ0v) is 10.7. The Labute approximate surface area is 107 Å². The number of hydrogen-bond donors (Lipinski definition) is 1. The van der Waals surface area contributed by atoms with Crippen LogP contribution >= 0.6 is 0 Å². The van der Waals surface area contributed by atoms with Crippen LogP contribution < -0.4 is 10.5 Å². The molecule has 4 heteroatoms. The molecular formula is C14H18N2O2. The third-order valence-corrected chi connectivity index (χ3v) is 2.81. The van der Waals surface area contributed by atoms with Crippen LogP contribution in [0.3, 0.4) is 0 Å². The third-order valence-electron chi connectivity index (χ3n) is 2.81. The monoisotopic (exact) mass is 246 g/mol. The van der Waals surface area contributed by atoms with Crippen LogP contribution in [0.5, 0.6) is 5.75 Å². The maximum absolute atomic E-state index is 5.95. The van der Waals surface area contributed by atoms with Crippen molar-refractivity contribution in [3.05, 3.63) is 47.3 Å². The molecule has 0 aliphatic carbocycles. The number of nitrogens with zero attached hydrogens (tertiary/aromatic N) is 1. The number of rotatable bonds is 5. The van der Waals surface area contributed by atoms with Crippen LogP contribution in [0.15, 0.2) is 34.9 Å². The van der Waals surface area contributed by atoms with Crippen molar-refractivity contribution in [2.45, 2.75) is 32.9 Å². The topological polar surface area (TPSA) is 61.3 Å². The highest BCUT2D eigenvalue weighted by Crippen LogP contribution is 2.19. The SMILES string of the molecule is CC[C@@H](N)c1ccc(OCc2cc(C)on2)cc1. The predicted octanol–water partition coefficient (Wildman–Crippen LogP) is 2.97. The van der Waals surface area contributed by atoms with Crippen molar-refractivity contribution in [1.82, 2.24) is 5.16 Å². The summed E-state index contributed by atoms with van der Waals surface area (Å²) in [6, 6.07) is 9.81. The van der Waals surface area contributed by atoms with E-state index in [2.05, 4.69) is 12.1 Å². The quantitative estimate of drug-likeness (QED) is 0.881. The molecule has 1 aromatic carbocycles. The van der Waals surface area contributed by atoms with Crippen molar-refractivity contribution in [3.8, 4) is 5.75 Å². The summed E-state index contributed by atoms with van der Waals surface area (Å²) in [6.07, 6.45) is 0.929. The number of ether oxygens (including phenoxy) is 1. The molecule has 0 aliphatic heterocycles. The molecule has 0 bridgehead atoms. The molecule has 0 aliphatic rings. The number of aryl methyl sites for hydroxylation is 1. The Morgan fingerprint density at radius 1 is 1.33 bits per heavy atom. The lowest BCUT2D eigenvalue weighted by Gasteiger charge is -2.10. The van der Waals surface area contributed by atoms with E-state index in [1.807, 2.05) is 37.3 Å². The van der Waals surface area contributed by atoms with E-state index in [-0.39, 0.29) is 6.04 Å². The highest BCUT2D eigenvalue weighted by atomic mass is 16.5. The maximum Gasteiger partial charge on any atom is 0.134 e. The van der Waals surface area contributed by atoms with Crippen molar-refractivity contribution in [3.63, 3.8) is 0 Å². The summed E-state index contributed by atoms with van der Waals surface area (Å²) in [6.45, 7) is 4.34. The molecule has 0 fully saturated rings. The predicted molar refractivity (Wildman–Crippen MR) is 69.2 cm³/mol. The van der Waals surface area contributed by atoms with Gasteiger partial charge in [-0.25, -0.2) is 0 Å². The van der Waals surface area contributed by atoms with Gasteiger partial charge in [-0.2, -0.15) is 0 Å². The van der Waals surface area contributed by atoms with Crippen molar-refractivity contribution < 1.29 is 9.26 Å². The Morgan fingerprint density at radius 3 is 2.61 bits per heavy atom. The van der Waals surface area contributed by atoms with Crippen LogP contribution in [-0.2, 0) is 6.61 Å². The minimum atomic E-state index is 0.0947. The van der Waals surface area contributed by atoms with Crippen LogP contribution in [0.25, 0.3) is 0 Å². The van der Waals surface area contributed by atoms with Gasteiger partial charge >= 0.3 is 0 Å². The van der Waals surface area contributed by atoms with Gasteiger partial charge in [0.25, 0.3) is 0 Å². The summed E-state index contributed by atoms with van der Waals surface area (Å²) in [5.41, 5.74) is 7.87. The van der Waals surface area contributed by atoms with E-state index in [9.17, 15) is 0 Å². The molecule has 18 heavy (non-hydrogen) atoms. The first-order valence-electron chi connectivity index (χ1n) is 6.09. The zero-order valence-electron chi connectivity index (χ0n) is 10.7. The summed E-state index contributed by atoms with van der Waals surface area (Å²) in [4.78, 5) is 0. The average Bonchev–Trinajstić information content (AvgIpc) is 2.82. The summed E-state index contributed by atoms with van der Waals surface area (Å²) < 4.78 is 10.6. The number of nitrogens with two attached hydrogens (primary N) is 1. The summed E-state index contributed by atoms with van der Waals surface area (Å²) in [5.74, 6) is 1.60. The molecule has 0 spiro atoms. The molecule has 96 valence electrons. The van der Waals surface area contributed by atoms with E-state index in [1.54, 1.807) is 0 Å². The molecule has 1 atom stereocenters. The smallest absolute Gasteiger partial charge is 0.134 e. The minimum Gasteiger partial charge on any atom is -0.487 e. The van der Waals surface area contributed by atoms with Crippen LogP contribution in [-0.4, -0.2) is 5.16 Å². The van der Waals surface area contributed by atoms with Crippen LogP contribution in [0, 0.1) is 6.92 Å². The number of aromatic nitrogens is 1. The molecule has 2 rings (SSSR count). The van der Waals surface area contributed by atoms with Crippen LogP contribution in [0.2, 0.25) is 0 Å². The molecule has 2 aromatic rings. The molecule has 0 unspecified atom stereocenters. The molecule has 0 saturated heterocycles. The molecular weight excluding hydrogens is 228 g/mol. The van der Waals surface area contributed by atoms with Gasteiger partial charge in [0.2, 0.25) is 0 Å². The second-order valence-electron chi connectivity index (χ2n) is 4.30. The Hall–Kier alpha value is -1.81. The maximum atomic E-state index is 5.95. The average molecular weight is 246 g/mol. The first-order valence-corrected chi connectivity index (χ1v) is 6.09. The lowest BCUT2D eigenvalue weighted by molar-refractivity contribution is 0.287. The number of hydrogen-bond acceptors (Lipinski definition) is 4. The largest absolute Gasteiger partial charge is 0.487 e. The summed E-state index contributed by atoms with van der Waals surface area (Å²) in [7, 11) is 0. The first kappa shape index (κ1) is 12.6. The normalized spacial score (nSPS) is 12.4. The molecule has 1 aromatic heterocycles. The van der Waals surface area contributed by atoms with E-state index in [0.717, 1.165) is 29.2 Å². The lowest BCUT2D eigenvalue weighted by Crippen LogP contribution is -2.08. The first-order chi connectivity index (χ1) is 8.69. The van der Waals surface area contributed by atoms with Gasteiger partial charge in [0.15, 0.2) is 0 Å². The van der Waals surface area contributed by atoms with Gasteiger partial charge in [-0.1, -0.05) is 24.2 Å². The van der Waals surface area contributed by atoms with Gasteiger partial charge in [0.05, 0.1) is 0 Å². The van der Waals surface area contributed by atoms with Crippen molar-refractivity contribution in [1.29, 1.82) is 0 Å². The second-order valence-corrected chi connectivity index (χ2v) is 4.30. The third kappa shape index (κ3) is 3.11. The van der Waals surface area contributed by atoms with Gasteiger partial charge in [-0.3, -0.25) is 0 Å². The fourth-order valence-electron chi connectivity index (χ4n) is 1.69. The lowest BCUT2D eigenvalue weighted by atomic mass is 10.1. The summed E-state index contributed by atoms with van der Waals surface area (Å²) >= 11 is 0. The van der Waals surface area contributed by atoms with E-state index in [4.69, 9.17) is 15.0 Å². The minimum absolute atomic E-state index is 0.0947. The second kappa shape index (κ2) is 5.69. The molecule has 0 radical (unpaired) electrons. The Bertz CT molecular complexity index is 491. The van der Waals surface area contributed by atoms with E-state index < -0.39 is 0 Å². The van der Waals surface area contributed by atoms with Crippen molar-refractivity contribution in [2.75, 3.05) is 0 Å². The molecule has 1 heterocycles. The van der Waals surface area contributed by atoms with Crippen molar-refractivity contribution in [2.24, 2.45) is 5.73 Å². The molecule has 2 N–H and O–H groups in total. The molecule has 4 nitrogen and oxygen atoms in total. The molecule has 0 amide bonds. The van der Waals surface area contributed by atoms with E-state index in [1.165, 1.54) is 0 Å². The van der Waals surface area contributed by atoms with Crippen LogP contribution in [0.1, 0.15) is 36.4 Å². The highest BCUT2D eigenvalue weighted by Gasteiger charge is 2.04. The standard InChI is InChI=1S/C14H18N2O2/c1-3-14(15)11-4-6-13(7-5-11)17-9-12-8-10(2)18-16-12/h4-8,14H,3,9,15H2,1-2H3/t14-/m1/s1. The zero-order chi connectivity index (χ0) is 13.0. The van der Waals surface area contributed by atoms with Gasteiger partial charge in [-0.05, 0) is 31.0 Å². The fourth-order valence-corrected chi connectivity index (χ4v) is 1.69. The Balaban J connectivity index is 1.94.